The summed E-state index contributed by atoms with van der Waals surface area (Å²) in [6, 6.07) is 6.89. The molecular formula is C14H17F2NO3. The Hall–Kier alpha value is -1.98. The number of carbonyl (C=O) groups excluding carboxylic acids is 1. The second kappa shape index (κ2) is 7.57. The van der Waals surface area contributed by atoms with Crippen LogP contribution in [0.1, 0.15) is 31.2 Å². The summed E-state index contributed by atoms with van der Waals surface area (Å²) in [5, 5.41) is 10.6. The molecule has 1 rings (SSSR count). The average molecular weight is 285 g/mol. The van der Waals surface area contributed by atoms with Crippen molar-refractivity contribution in [1.82, 2.24) is 5.32 Å². The minimum Gasteiger partial charge on any atom is -0.481 e. The van der Waals surface area contributed by atoms with Crippen LogP contribution in [0.2, 0.25) is 0 Å². The lowest BCUT2D eigenvalue weighted by Crippen LogP contribution is -2.38. The predicted octanol–water partition coefficient (Wildman–Crippen LogP) is 2.54. The Kier molecular flexibility index (Phi) is 6.09. The number of hydrogen-bond donors (Lipinski definition) is 2. The molecule has 0 aliphatic carbocycles. The van der Waals surface area contributed by atoms with Gasteiger partial charge in [0.05, 0.1) is 0 Å². The van der Waals surface area contributed by atoms with Gasteiger partial charge in [0, 0.05) is 18.5 Å². The number of carbonyl (C=O) groups is 2. The Morgan fingerprint density at radius 2 is 1.75 bits per heavy atom. The Morgan fingerprint density at radius 3 is 2.35 bits per heavy atom. The first-order valence-electron chi connectivity index (χ1n) is 6.38. The van der Waals surface area contributed by atoms with Crippen LogP contribution in [0.4, 0.5) is 8.78 Å². The van der Waals surface area contributed by atoms with Gasteiger partial charge < -0.3 is 10.4 Å². The molecule has 0 saturated carbocycles. The summed E-state index contributed by atoms with van der Waals surface area (Å²) in [4.78, 5) is 21.7. The number of alkyl halides is 2. The van der Waals surface area contributed by atoms with Crippen LogP contribution in [-0.2, 0) is 15.5 Å². The number of halogens is 2. The maximum Gasteiger partial charge on any atom is 0.349 e. The van der Waals surface area contributed by atoms with Crippen LogP contribution in [0.5, 0.6) is 0 Å². The van der Waals surface area contributed by atoms with Gasteiger partial charge in [-0.3, -0.25) is 9.59 Å². The van der Waals surface area contributed by atoms with Gasteiger partial charge >= 0.3 is 11.9 Å². The Labute approximate surface area is 115 Å². The highest BCUT2D eigenvalue weighted by atomic mass is 19.3. The van der Waals surface area contributed by atoms with Gasteiger partial charge in [-0.15, -0.1) is 0 Å². The van der Waals surface area contributed by atoms with Gasteiger partial charge in [0.15, 0.2) is 0 Å². The molecule has 4 nitrogen and oxygen atoms in total. The molecule has 1 aromatic carbocycles. The largest absolute Gasteiger partial charge is 0.481 e. The summed E-state index contributed by atoms with van der Waals surface area (Å²) in [7, 11) is 0. The zero-order valence-electron chi connectivity index (χ0n) is 10.9. The molecule has 20 heavy (non-hydrogen) atoms. The van der Waals surface area contributed by atoms with E-state index in [0.717, 1.165) is 0 Å². The molecule has 0 saturated heterocycles. The molecule has 0 atom stereocenters. The van der Waals surface area contributed by atoms with E-state index in [1.54, 1.807) is 6.07 Å². The molecule has 0 aliphatic heterocycles. The predicted molar refractivity (Wildman–Crippen MR) is 69.4 cm³/mol. The fraction of sp³-hybridized carbons (Fsp3) is 0.429. The summed E-state index contributed by atoms with van der Waals surface area (Å²) >= 11 is 0. The minimum atomic E-state index is -3.55. The number of aliphatic carboxylic acids is 1. The highest BCUT2D eigenvalue weighted by molar-refractivity contribution is 5.84. The van der Waals surface area contributed by atoms with Gasteiger partial charge in [0.25, 0.3) is 5.91 Å². The molecule has 0 heterocycles. The van der Waals surface area contributed by atoms with Gasteiger partial charge in [-0.2, -0.15) is 8.78 Å². The van der Waals surface area contributed by atoms with Crippen LogP contribution < -0.4 is 5.32 Å². The monoisotopic (exact) mass is 285 g/mol. The SMILES string of the molecule is O=C(O)CCCCCNC(=O)C(F)(F)c1ccccc1. The van der Waals surface area contributed by atoms with E-state index in [1.807, 2.05) is 0 Å². The van der Waals surface area contributed by atoms with Crippen molar-refractivity contribution in [2.75, 3.05) is 6.54 Å². The number of hydrogen-bond acceptors (Lipinski definition) is 2. The summed E-state index contributed by atoms with van der Waals surface area (Å²) in [5.74, 6) is -5.77. The number of amides is 1. The van der Waals surface area contributed by atoms with Crippen LogP contribution in [0.3, 0.4) is 0 Å². The Bertz CT molecular complexity index is 449. The van der Waals surface area contributed by atoms with Crippen molar-refractivity contribution in [3.05, 3.63) is 35.9 Å². The van der Waals surface area contributed by atoms with E-state index in [2.05, 4.69) is 5.32 Å². The molecule has 0 aliphatic rings. The Morgan fingerprint density at radius 1 is 1.10 bits per heavy atom. The van der Waals surface area contributed by atoms with Crippen molar-refractivity contribution in [3.8, 4) is 0 Å². The minimum absolute atomic E-state index is 0.0497. The molecule has 0 spiro atoms. The molecular weight excluding hydrogens is 268 g/mol. The van der Waals surface area contributed by atoms with E-state index >= 15 is 0 Å². The second-order valence-corrected chi connectivity index (χ2v) is 4.40. The highest BCUT2D eigenvalue weighted by Gasteiger charge is 2.40. The smallest absolute Gasteiger partial charge is 0.349 e. The Balaban J connectivity index is 2.33. The molecule has 0 radical (unpaired) electrons. The van der Waals surface area contributed by atoms with Crippen molar-refractivity contribution in [1.29, 1.82) is 0 Å². The van der Waals surface area contributed by atoms with E-state index < -0.39 is 17.8 Å². The molecule has 6 heteroatoms. The van der Waals surface area contributed by atoms with Crippen molar-refractivity contribution >= 4 is 11.9 Å². The van der Waals surface area contributed by atoms with Crippen molar-refractivity contribution < 1.29 is 23.5 Å². The number of nitrogens with one attached hydrogen (secondary N) is 1. The first kappa shape index (κ1) is 16.1. The molecule has 0 unspecified atom stereocenters. The summed E-state index contributed by atoms with van der Waals surface area (Å²) in [6.07, 6.45) is 1.57. The highest BCUT2D eigenvalue weighted by Crippen LogP contribution is 2.27. The number of carboxylic acids is 1. The number of unbranched alkanes of at least 4 members (excludes halogenated alkanes) is 2. The summed E-state index contributed by atoms with van der Waals surface area (Å²) < 4.78 is 27.5. The number of carboxylic acid groups (broad SMARTS) is 1. The lowest BCUT2D eigenvalue weighted by Gasteiger charge is -2.16. The molecule has 0 aromatic heterocycles. The first-order chi connectivity index (χ1) is 9.44. The van der Waals surface area contributed by atoms with Gasteiger partial charge in [-0.1, -0.05) is 36.8 Å². The third-order valence-electron chi connectivity index (χ3n) is 2.77. The summed E-state index contributed by atoms with van der Waals surface area (Å²) in [5.41, 5.74) is -0.344. The molecule has 0 bridgehead atoms. The van der Waals surface area contributed by atoms with Crippen LogP contribution >= 0.6 is 0 Å². The number of rotatable bonds is 8. The lowest BCUT2D eigenvalue weighted by atomic mass is 10.1. The van der Waals surface area contributed by atoms with Crippen LogP contribution in [0, 0.1) is 0 Å². The van der Waals surface area contributed by atoms with Gasteiger partial charge in [-0.05, 0) is 12.8 Å². The molecule has 110 valence electrons. The fourth-order valence-corrected chi connectivity index (χ4v) is 1.67. The third-order valence-corrected chi connectivity index (χ3v) is 2.77. The quantitative estimate of drug-likeness (QED) is 0.721. The molecule has 0 fully saturated rings. The first-order valence-corrected chi connectivity index (χ1v) is 6.38. The van der Waals surface area contributed by atoms with E-state index in [4.69, 9.17) is 5.11 Å². The lowest BCUT2D eigenvalue weighted by molar-refractivity contribution is -0.147. The van der Waals surface area contributed by atoms with E-state index in [0.29, 0.717) is 19.3 Å². The van der Waals surface area contributed by atoms with E-state index in [-0.39, 0.29) is 18.5 Å². The molecule has 2 N–H and O–H groups in total. The van der Waals surface area contributed by atoms with Crippen LogP contribution in [0.15, 0.2) is 30.3 Å². The zero-order valence-corrected chi connectivity index (χ0v) is 10.9. The van der Waals surface area contributed by atoms with Crippen molar-refractivity contribution in [3.63, 3.8) is 0 Å². The number of benzene rings is 1. The zero-order chi connectivity index (χ0) is 15.0. The van der Waals surface area contributed by atoms with Crippen LogP contribution in [0.25, 0.3) is 0 Å². The van der Waals surface area contributed by atoms with Crippen molar-refractivity contribution in [2.24, 2.45) is 0 Å². The fourth-order valence-electron chi connectivity index (χ4n) is 1.67. The maximum absolute atomic E-state index is 13.7. The third kappa shape index (κ3) is 4.95. The standard InChI is InChI=1S/C14H17F2NO3/c15-14(16,11-7-3-1-4-8-11)13(20)17-10-6-2-5-9-12(18)19/h1,3-4,7-8H,2,5-6,9-10H2,(H,17,20)(H,18,19). The van der Waals surface area contributed by atoms with Gasteiger partial charge in [-0.25, -0.2) is 0 Å². The second-order valence-electron chi connectivity index (χ2n) is 4.40. The normalized spacial score (nSPS) is 11.1. The van der Waals surface area contributed by atoms with E-state index in [1.165, 1.54) is 24.3 Å². The van der Waals surface area contributed by atoms with Crippen LogP contribution in [-0.4, -0.2) is 23.5 Å². The molecule has 1 aromatic rings. The van der Waals surface area contributed by atoms with Gasteiger partial charge in [0.2, 0.25) is 0 Å². The topological polar surface area (TPSA) is 66.4 Å². The maximum atomic E-state index is 13.7. The summed E-state index contributed by atoms with van der Waals surface area (Å²) in [6.45, 7) is 0.112. The van der Waals surface area contributed by atoms with E-state index in [9.17, 15) is 18.4 Å². The molecule has 1 amide bonds. The van der Waals surface area contributed by atoms with Gasteiger partial charge in [0.1, 0.15) is 0 Å². The average Bonchev–Trinajstić information content (AvgIpc) is 2.43. The van der Waals surface area contributed by atoms with Crippen molar-refractivity contribution in [2.45, 2.75) is 31.6 Å².